The molecule has 9 heteroatoms. The number of nitrogens with one attached hydrogen (secondary N) is 1. The standard InChI is InChI=1S/C12H13F3N2O3S/c13-12(14,15)9-5-8(17(19)20)1-2-10(9)16-6-11(18)3-4-21-7-11/h1-2,5,16,18H,3-4,6-7H2. The minimum absolute atomic E-state index is 0.0269. The lowest BCUT2D eigenvalue weighted by Crippen LogP contribution is -2.37. The molecule has 1 unspecified atom stereocenters. The number of hydrogen-bond donors (Lipinski definition) is 2. The van der Waals surface area contributed by atoms with Gasteiger partial charge < -0.3 is 10.4 Å². The van der Waals surface area contributed by atoms with E-state index in [4.69, 9.17) is 0 Å². The summed E-state index contributed by atoms with van der Waals surface area (Å²) in [6, 6.07) is 2.52. The van der Waals surface area contributed by atoms with Gasteiger partial charge in [-0.25, -0.2) is 0 Å². The van der Waals surface area contributed by atoms with Gasteiger partial charge in [-0.3, -0.25) is 10.1 Å². The number of rotatable bonds is 4. The lowest BCUT2D eigenvalue weighted by molar-refractivity contribution is -0.385. The number of nitro groups is 1. The largest absolute Gasteiger partial charge is 0.418 e. The molecule has 2 N–H and O–H groups in total. The van der Waals surface area contributed by atoms with Crippen LogP contribution >= 0.6 is 11.8 Å². The molecule has 0 spiro atoms. The van der Waals surface area contributed by atoms with E-state index in [1.165, 1.54) is 11.8 Å². The van der Waals surface area contributed by atoms with Gasteiger partial charge in [-0.2, -0.15) is 24.9 Å². The zero-order valence-corrected chi connectivity index (χ0v) is 11.6. The van der Waals surface area contributed by atoms with Crippen molar-refractivity contribution in [2.75, 3.05) is 23.4 Å². The smallest absolute Gasteiger partial charge is 0.387 e. The summed E-state index contributed by atoms with van der Waals surface area (Å²) in [5.74, 6) is 1.21. The summed E-state index contributed by atoms with van der Waals surface area (Å²) in [7, 11) is 0. The van der Waals surface area contributed by atoms with E-state index in [0.29, 0.717) is 18.2 Å². The summed E-state index contributed by atoms with van der Waals surface area (Å²) in [6.45, 7) is -0.0269. The normalized spacial score (nSPS) is 22.3. The average Bonchev–Trinajstić information content (AvgIpc) is 2.82. The monoisotopic (exact) mass is 322 g/mol. The number of hydrogen-bond acceptors (Lipinski definition) is 5. The van der Waals surface area contributed by atoms with Gasteiger partial charge in [0.15, 0.2) is 0 Å². The predicted octanol–water partition coefficient (Wildman–Crippen LogP) is 2.89. The van der Waals surface area contributed by atoms with Gasteiger partial charge in [-0.05, 0) is 18.2 Å². The van der Waals surface area contributed by atoms with Crippen molar-refractivity contribution in [3.05, 3.63) is 33.9 Å². The molecular weight excluding hydrogens is 309 g/mol. The fraction of sp³-hybridized carbons (Fsp3) is 0.500. The van der Waals surface area contributed by atoms with E-state index in [1.54, 1.807) is 0 Å². The van der Waals surface area contributed by atoms with Crippen LogP contribution in [-0.2, 0) is 6.18 Å². The van der Waals surface area contributed by atoms with E-state index in [9.17, 15) is 28.4 Å². The molecule has 2 rings (SSSR count). The molecule has 0 aromatic heterocycles. The van der Waals surface area contributed by atoms with Gasteiger partial charge >= 0.3 is 6.18 Å². The van der Waals surface area contributed by atoms with Crippen LogP contribution in [0.5, 0.6) is 0 Å². The highest BCUT2D eigenvalue weighted by molar-refractivity contribution is 7.99. The van der Waals surface area contributed by atoms with Crippen molar-refractivity contribution in [1.82, 2.24) is 0 Å². The second-order valence-electron chi connectivity index (χ2n) is 4.87. The van der Waals surface area contributed by atoms with Crippen molar-refractivity contribution >= 4 is 23.1 Å². The van der Waals surface area contributed by atoms with E-state index >= 15 is 0 Å². The van der Waals surface area contributed by atoms with E-state index in [2.05, 4.69) is 5.32 Å². The molecule has 5 nitrogen and oxygen atoms in total. The van der Waals surface area contributed by atoms with E-state index < -0.39 is 28.0 Å². The first-order valence-electron chi connectivity index (χ1n) is 6.11. The molecule has 1 atom stereocenters. The first kappa shape index (κ1) is 15.9. The molecule has 0 radical (unpaired) electrons. The van der Waals surface area contributed by atoms with Gasteiger partial charge in [-0.15, -0.1) is 0 Å². The van der Waals surface area contributed by atoms with Gasteiger partial charge in [-0.1, -0.05) is 0 Å². The van der Waals surface area contributed by atoms with Crippen LogP contribution in [0.4, 0.5) is 24.5 Å². The van der Waals surface area contributed by atoms with Crippen molar-refractivity contribution in [2.45, 2.75) is 18.2 Å². The molecule has 1 saturated heterocycles. The molecule has 0 saturated carbocycles. The van der Waals surface area contributed by atoms with Crippen LogP contribution in [0.25, 0.3) is 0 Å². The summed E-state index contributed by atoms with van der Waals surface area (Å²) >= 11 is 1.53. The topological polar surface area (TPSA) is 75.4 Å². The maximum Gasteiger partial charge on any atom is 0.418 e. The Labute approximate surface area is 122 Å². The summed E-state index contributed by atoms with van der Waals surface area (Å²) in [5.41, 5.74) is -3.04. The van der Waals surface area contributed by atoms with E-state index in [1.807, 2.05) is 0 Å². The number of thioether (sulfide) groups is 1. The summed E-state index contributed by atoms with van der Waals surface area (Å²) in [6.07, 6.45) is -4.21. The zero-order valence-electron chi connectivity index (χ0n) is 10.8. The molecule has 1 aromatic rings. The number of nitrogens with zero attached hydrogens (tertiary/aromatic N) is 1. The zero-order chi connectivity index (χ0) is 15.7. The van der Waals surface area contributed by atoms with Crippen LogP contribution in [0.1, 0.15) is 12.0 Å². The molecule has 1 heterocycles. The van der Waals surface area contributed by atoms with Crippen molar-refractivity contribution < 1.29 is 23.2 Å². The fourth-order valence-corrected chi connectivity index (χ4v) is 3.33. The average molecular weight is 322 g/mol. The van der Waals surface area contributed by atoms with Gasteiger partial charge in [0.25, 0.3) is 5.69 Å². The maximum absolute atomic E-state index is 13.0. The van der Waals surface area contributed by atoms with Crippen molar-refractivity contribution in [1.29, 1.82) is 0 Å². The molecule has 1 aliphatic heterocycles. The van der Waals surface area contributed by atoms with Crippen LogP contribution < -0.4 is 5.32 Å². The third-order valence-corrected chi connectivity index (χ3v) is 4.44. The molecular formula is C12H13F3N2O3S. The highest BCUT2D eigenvalue weighted by atomic mass is 32.2. The SMILES string of the molecule is O=[N+]([O-])c1ccc(NCC2(O)CCSC2)c(C(F)(F)F)c1. The molecule has 0 bridgehead atoms. The summed E-state index contributed by atoms with van der Waals surface area (Å²) in [5, 5.41) is 23.3. The highest BCUT2D eigenvalue weighted by Crippen LogP contribution is 2.37. The minimum atomic E-state index is -4.71. The van der Waals surface area contributed by atoms with Crippen molar-refractivity contribution in [3.63, 3.8) is 0 Å². The second-order valence-corrected chi connectivity index (χ2v) is 5.97. The first-order valence-corrected chi connectivity index (χ1v) is 7.26. The maximum atomic E-state index is 13.0. The Morgan fingerprint density at radius 3 is 2.71 bits per heavy atom. The van der Waals surface area contributed by atoms with Gasteiger partial charge in [0, 0.05) is 30.1 Å². The summed E-state index contributed by atoms with van der Waals surface area (Å²) < 4.78 is 38.9. The molecule has 0 amide bonds. The fourth-order valence-electron chi connectivity index (χ4n) is 2.03. The Balaban J connectivity index is 2.23. The number of anilines is 1. The first-order chi connectivity index (χ1) is 9.71. The molecule has 1 aliphatic rings. The molecule has 21 heavy (non-hydrogen) atoms. The number of non-ortho nitro benzene ring substituents is 1. The molecule has 0 aliphatic carbocycles. The van der Waals surface area contributed by atoms with E-state index in [-0.39, 0.29) is 12.2 Å². The predicted molar refractivity (Wildman–Crippen MR) is 73.5 cm³/mol. The lowest BCUT2D eigenvalue weighted by atomic mass is 10.0. The number of aliphatic hydroxyl groups is 1. The third-order valence-electron chi connectivity index (χ3n) is 3.21. The Bertz CT molecular complexity index is 545. The van der Waals surface area contributed by atoms with Crippen LogP contribution in [0.3, 0.4) is 0 Å². The minimum Gasteiger partial charge on any atom is -0.387 e. The van der Waals surface area contributed by atoms with Crippen LogP contribution in [0.2, 0.25) is 0 Å². The molecule has 1 aromatic carbocycles. The van der Waals surface area contributed by atoms with Crippen molar-refractivity contribution in [2.24, 2.45) is 0 Å². The van der Waals surface area contributed by atoms with Crippen LogP contribution in [0, 0.1) is 10.1 Å². The molecule has 116 valence electrons. The second kappa shape index (κ2) is 5.72. The third kappa shape index (κ3) is 3.79. The highest BCUT2D eigenvalue weighted by Gasteiger charge is 2.37. The Kier molecular flexibility index (Phi) is 4.33. The quantitative estimate of drug-likeness (QED) is 0.658. The number of nitro benzene ring substituents is 1. The lowest BCUT2D eigenvalue weighted by Gasteiger charge is -2.23. The van der Waals surface area contributed by atoms with Crippen LogP contribution in [0.15, 0.2) is 18.2 Å². The van der Waals surface area contributed by atoms with E-state index in [0.717, 1.165) is 17.9 Å². The van der Waals surface area contributed by atoms with Crippen molar-refractivity contribution in [3.8, 4) is 0 Å². The Morgan fingerprint density at radius 2 is 2.19 bits per heavy atom. The summed E-state index contributed by atoms with van der Waals surface area (Å²) in [4.78, 5) is 9.71. The number of halogens is 3. The van der Waals surface area contributed by atoms with Gasteiger partial charge in [0.2, 0.25) is 0 Å². The number of benzene rings is 1. The number of alkyl halides is 3. The molecule has 1 fully saturated rings. The Morgan fingerprint density at radius 1 is 1.48 bits per heavy atom. The van der Waals surface area contributed by atoms with Gasteiger partial charge in [0.05, 0.1) is 16.1 Å². The van der Waals surface area contributed by atoms with Gasteiger partial charge in [0.1, 0.15) is 0 Å². The van der Waals surface area contributed by atoms with Crippen LogP contribution in [-0.4, -0.2) is 33.7 Å². The Hall–Kier alpha value is -1.48.